The Hall–Kier alpha value is 0.217. The van der Waals surface area contributed by atoms with Crippen LogP contribution in [0.5, 0.6) is 0 Å². The van der Waals surface area contributed by atoms with Gasteiger partial charge < -0.3 is 0 Å². The van der Waals surface area contributed by atoms with Crippen molar-refractivity contribution >= 4 is 10.2 Å². The second kappa shape index (κ2) is 2.86. The van der Waals surface area contributed by atoms with E-state index in [0.717, 1.165) is 17.8 Å². The van der Waals surface area contributed by atoms with E-state index in [-0.39, 0.29) is 0 Å². The first-order valence-corrected chi connectivity index (χ1v) is 6.01. The second-order valence-corrected chi connectivity index (χ2v) is 5.74. The van der Waals surface area contributed by atoms with E-state index in [1.165, 1.54) is 31.7 Å². The van der Waals surface area contributed by atoms with Crippen molar-refractivity contribution in [2.75, 3.05) is 0 Å². The van der Waals surface area contributed by atoms with Gasteiger partial charge in [0.1, 0.15) is 0 Å². The van der Waals surface area contributed by atoms with E-state index < -0.39 is 0 Å². The maximum Gasteiger partial charge on any atom is 0.0222 e. The highest BCUT2D eigenvalue weighted by Gasteiger charge is 2.52. The predicted octanol–water partition coefficient (Wildman–Crippen LogP) is 3.04. The Morgan fingerprint density at radius 2 is 2.08 bits per heavy atom. The first-order chi connectivity index (χ1) is 5.66. The van der Waals surface area contributed by atoms with Crippen molar-refractivity contribution in [2.24, 2.45) is 23.2 Å². The van der Waals surface area contributed by atoms with Crippen LogP contribution in [0.3, 0.4) is 0 Å². The molecular formula is C11H19Si. The average Bonchev–Trinajstić information content (AvgIpc) is 2.41. The van der Waals surface area contributed by atoms with Gasteiger partial charge >= 0.3 is 0 Å². The SMILES string of the molecule is CC1(C)C2CCC1C(CC[Si])C2. The van der Waals surface area contributed by atoms with Crippen LogP contribution in [0.25, 0.3) is 0 Å². The van der Waals surface area contributed by atoms with Crippen LogP contribution < -0.4 is 0 Å². The summed E-state index contributed by atoms with van der Waals surface area (Å²) in [7, 11) is 3.61. The zero-order valence-electron chi connectivity index (χ0n) is 8.27. The summed E-state index contributed by atoms with van der Waals surface area (Å²) in [5, 5.41) is 0. The molecule has 2 bridgehead atoms. The summed E-state index contributed by atoms with van der Waals surface area (Å²) in [5.74, 6) is 3.13. The third-order valence-corrected chi connectivity index (χ3v) is 4.79. The average molecular weight is 179 g/mol. The molecule has 0 aliphatic heterocycles. The van der Waals surface area contributed by atoms with Crippen LogP contribution in [0, 0.1) is 23.2 Å². The zero-order chi connectivity index (χ0) is 8.77. The fraction of sp³-hybridized carbons (Fsp3) is 1.00. The molecule has 0 aromatic carbocycles. The molecule has 0 nitrogen and oxygen atoms in total. The quantitative estimate of drug-likeness (QED) is 0.572. The molecule has 0 amide bonds. The topological polar surface area (TPSA) is 0 Å². The highest BCUT2D eigenvalue weighted by atomic mass is 28.1. The molecule has 3 radical (unpaired) electrons. The molecule has 1 heteroatoms. The Labute approximate surface area is 79.5 Å². The molecule has 2 aliphatic rings. The summed E-state index contributed by atoms with van der Waals surface area (Å²) in [6.07, 6.45) is 5.94. The summed E-state index contributed by atoms with van der Waals surface area (Å²) < 4.78 is 0. The third-order valence-electron chi connectivity index (χ3n) is 4.51. The first-order valence-electron chi connectivity index (χ1n) is 5.31. The predicted molar refractivity (Wildman–Crippen MR) is 53.3 cm³/mol. The van der Waals surface area contributed by atoms with Crippen molar-refractivity contribution in [3.8, 4) is 0 Å². The lowest BCUT2D eigenvalue weighted by atomic mass is 9.79. The molecule has 3 unspecified atom stereocenters. The largest absolute Gasteiger partial charge is 0.0635 e. The molecular weight excluding hydrogens is 160 g/mol. The molecule has 12 heavy (non-hydrogen) atoms. The molecule has 0 aromatic heterocycles. The van der Waals surface area contributed by atoms with Gasteiger partial charge in [0.25, 0.3) is 0 Å². The van der Waals surface area contributed by atoms with E-state index in [1.807, 2.05) is 0 Å². The Bertz CT molecular complexity index is 174. The van der Waals surface area contributed by atoms with Crippen molar-refractivity contribution in [3.63, 3.8) is 0 Å². The van der Waals surface area contributed by atoms with Crippen molar-refractivity contribution in [3.05, 3.63) is 0 Å². The molecule has 2 aliphatic carbocycles. The van der Waals surface area contributed by atoms with Crippen LogP contribution in [-0.2, 0) is 0 Å². The number of fused-ring (bicyclic) bond motifs is 2. The highest BCUT2D eigenvalue weighted by Crippen LogP contribution is 2.61. The number of hydrogen-bond donors (Lipinski definition) is 0. The van der Waals surface area contributed by atoms with E-state index in [0.29, 0.717) is 5.41 Å². The van der Waals surface area contributed by atoms with Gasteiger partial charge in [0.2, 0.25) is 0 Å². The van der Waals surface area contributed by atoms with E-state index in [2.05, 4.69) is 24.1 Å². The molecule has 0 N–H and O–H groups in total. The summed E-state index contributed by atoms with van der Waals surface area (Å²) in [5.41, 5.74) is 0.673. The summed E-state index contributed by atoms with van der Waals surface area (Å²) in [6, 6.07) is 1.20. The van der Waals surface area contributed by atoms with Crippen LogP contribution in [0.15, 0.2) is 0 Å². The fourth-order valence-corrected chi connectivity index (χ4v) is 4.10. The lowest BCUT2D eigenvalue weighted by Crippen LogP contribution is -2.19. The van der Waals surface area contributed by atoms with Crippen LogP contribution in [0.1, 0.15) is 39.5 Å². The van der Waals surface area contributed by atoms with Gasteiger partial charge in [0.15, 0.2) is 0 Å². The Morgan fingerprint density at radius 1 is 1.33 bits per heavy atom. The molecule has 2 fully saturated rings. The molecule has 67 valence electrons. The van der Waals surface area contributed by atoms with Crippen molar-refractivity contribution in [1.82, 2.24) is 0 Å². The van der Waals surface area contributed by atoms with E-state index in [4.69, 9.17) is 0 Å². The molecule has 0 saturated heterocycles. The molecule has 0 spiro atoms. The lowest BCUT2D eigenvalue weighted by Gasteiger charge is -2.26. The van der Waals surface area contributed by atoms with Gasteiger partial charge in [-0.3, -0.25) is 0 Å². The van der Waals surface area contributed by atoms with E-state index >= 15 is 0 Å². The maximum absolute atomic E-state index is 3.61. The Balaban J connectivity index is 2.08. The van der Waals surface area contributed by atoms with E-state index in [9.17, 15) is 0 Å². The van der Waals surface area contributed by atoms with Crippen molar-refractivity contribution in [1.29, 1.82) is 0 Å². The monoisotopic (exact) mass is 179 g/mol. The summed E-state index contributed by atoms with van der Waals surface area (Å²) >= 11 is 0. The van der Waals surface area contributed by atoms with Crippen molar-refractivity contribution in [2.45, 2.75) is 45.6 Å². The molecule has 2 rings (SSSR count). The van der Waals surface area contributed by atoms with E-state index in [1.54, 1.807) is 0 Å². The number of hydrogen-bond acceptors (Lipinski definition) is 0. The number of rotatable bonds is 2. The third kappa shape index (κ3) is 1.09. The van der Waals surface area contributed by atoms with Gasteiger partial charge in [-0.1, -0.05) is 26.3 Å². The smallest absolute Gasteiger partial charge is 0.0222 e. The molecule has 2 saturated carbocycles. The second-order valence-electron chi connectivity index (χ2n) is 5.24. The van der Waals surface area contributed by atoms with Crippen molar-refractivity contribution < 1.29 is 0 Å². The summed E-state index contributed by atoms with van der Waals surface area (Å²) in [6.45, 7) is 4.98. The van der Waals surface area contributed by atoms with Crippen LogP contribution >= 0.6 is 0 Å². The van der Waals surface area contributed by atoms with Gasteiger partial charge in [-0.05, 0) is 42.4 Å². The van der Waals surface area contributed by atoms with Gasteiger partial charge in [-0.2, -0.15) is 0 Å². The van der Waals surface area contributed by atoms with Gasteiger partial charge in [0, 0.05) is 10.2 Å². The Morgan fingerprint density at radius 3 is 2.50 bits per heavy atom. The summed E-state index contributed by atoms with van der Waals surface area (Å²) in [4.78, 5) is 0. The van der Waals surface area contributed by atoms with Gasteiger partial charge in [-0.25, -0.2) is 0 Å². The minimum atomic E-state index is 0.673. The highest BCUT2D eigenvalue weighted by molar-refractivity contribution is 6.08. The van der Waals surface area contributed by atoms with Crippen LogP contribution in [0.4, 0.5) is 0 Å². The van der Waals surface area contributed by atoms with Gasteiger partial charge in [-0.15, -0.1) is 0 Å². The molecule has 0 aromatic rings. The van der Waals surface area contributed by atoms with Crippen LogP contribution in [0.2, 0.25) is 6.04 Å². The first kappa shape index (κ1) is 8.80. The maximum atomic E-state index is 3.61. The lowest BCUT2D eigenvalue weighted by molar-refractivity contribution is 0.232. The normalized spacial score (nSPS) is 43.8. The van der Waals surface area contributed by atoms with Gasteiger partial charge in [0.05, 0.1) is 0 Å². The molecule has 0 heterocycles. The zero-order valence-corrected chi connectivity index (χ0v) is 9.27. The fourth-order valence-electron chi connectivity index (χ4n) is 3.73. The minimum absolute atomic E-state index is 0.673. The minimum Gasteiger partial charge on any atom is -0.0635 e. The molecule has 3 atom stereocenters. The standard InChI is InChI=1S/C11H19Si/c1-11(2)9-3-4-10(11)8(7-9)5-6-12/h8-10H,3-7H2,1-2H3. The Kier molecular flexibility index (Phi) is 2.10. The van der Waals surface area contributed by atoms with Crippen LogP contribution in [-0.4, -0.2) is 10.2 Å².